The van der Waals surface area contributed by atoms with Crippen LogP contribution in [0.2, 0.25) is 0 Å². The van der Waals surface area contributed by atoms with Gasteiger partial charge in [0.2, 0.25) is 10.0 Å². The maximum absolute atomic E-state index is 12.1. The van der Waals surface area contributed by atoms with Crippen LogP contribution in [0.25, 0.3) is 0 Å². The molecule has 0 heterocycles. The SMILES string of the molecule is Nc1cc(S(=O)(=O)NCc2cccc(Br)c2)ccc1O. The van der Waals surface area contributed by atoms with Gasteiger partial charge in [0.05, 0.1) is 10.6 Å². The summed E-state index contributed by atoms with van der Waals surface area (Å²) in [6.07, 6.45) is 0. The largest absolute Gasteiger partial charge is 0.506 e. The Morgan fingerprint density at radius 2 is 1.95 bits per heavy atom. The van der Waals surface area contributed by atoms with Gasteiger partial charge in [-0.15, -0.1) is 0 Å². The molecular weight excluding hydrogens is 344 g/mol. The molecule has 5 nitrogen and oxygen atoms in total. The predicted molar refractivity (Wildman–Crippen MR) is 80.7 cm³/mol. The summed E-state index contributed by atoms with van der Waals surface area (Å²) in [5, 5.41) is 9.30. The van der Waals surface area contributed by atoms with Crippen molar-refractivity contribution < 1.29 is 13.5 Å². The van der Waals surface area contributed by atoms with Crippen molar-refractivity contribution in [3.63, 3.8) is 0 Å². The van der Waals surface area contributed by atoms with Gasteiger partial charge < -0.3 is 10.8 Å². The minimum Gasteiger partial charge on any atom is -0.506 e. The second-order valence-electron chi connectivity index (χ2n) is 4.18. The lowest BCUT2D eigenvalue weighted by atomic mass is 10.2. The molecule has 0 fully saturated rings. The van der Waals surface area contributed by atoms with Crippen molar-refractivity contribution in [2.75, 3.05) is 5.73 Å². The molecule has 0 aliphatic heterocycles. The molecule has 0 bridgehead atoms. The lowest BCUT2D eigenvalue weighted by Gasteiger charge is -2.08. The highest BCUT2D eigenvalue weighted by Gasteiger charge is 2.15. The molecule has 20 heavy (non-hydrogen) atoms. The maximum atomic E-state index is 12.1. The predicted octanol–water partition coefficient (Wildman–Crippen LogP) is 2.22. The van der Waals surface area contributed by atoms with Crippen LogP contribution < -0.4 is 10.5 Å². The Morgan fingerprint density at radius 3 is 2.60 bits per heavy atom. The van der Waals surface area contributed by atoms with Gasteiger partial charge >= 0.3 is 0 Å². The van der Waals surface area contributed by atoms with Gasteiger partial charge in [-0.1, -0.05) is 28.1 Å². The summed E-state index contributed by atoms with van der Waals surface area (Å²) in [4.78, 5) is 0.0165. The van der Waals surface area contributed by atoms with E-state index in [9.17, 15) is 13.5 Å². The minimum absolute atomic E-state index is 0.0165. The first kappa shape index (κ1) is 14.8. The molecule has 0 saturated carbocycles. The molecule has 0 aromatic heterocycles. The standard InChI is InChI=1S/C13H13BrN2O3S/c14-10-3-1-2-9(6-10)8-16-20(18,19)11-4-5-13(17)12(15)7-11/h1-7,16-17H,8,15H2. The third-order valence-corrected chi connectivity index (χ3v) is 4.56. The zero-order valence-corrected chi connectivity index (χ0v) is 12.8. The number of anilines is 1. The first-order chi connectivity index (χ1) is 9.38. The fourth-order valence-corrected chi connectivity index (χ4v) is 3.11. The third kappa shape index (κ3) is 3.50. The molecule has 0 atom stereocenters. The van der Waals surface area contributed by atoms with Gasteiger partial charge in [0.15, 0.2) is 0 Å². The number of hydrogen-bond acceptors (Lipinski definition) is 4. The van der Waals surface area contributed by atoms with Crippen molar-refractivity contribution >= 4 is 31.6 Å². The average molecular weight is 357 g/mol. The quantitative estimate of drug-likeness (QED) is 0.578. The van der Waals surface area contributed by atoms with Gasteiger partial charge in [-0.3, -0.25) is 0 Å². The number of nitrogens with one attached hydrogen (secondary N) is 1. The Labute approximate surface area is 125 Å². The molecule has 7 heteroatoms. The second-order valence-corrected chi connectivity index (χ2v) is 6.86. The Morgan fingerprint density at radius 1 is 1.20 bits per heavy atom. The number of phenols is 1. The van der Waals surface area contributed by atoms with Crippen LogP contribution in [-0.4, -0.2) is 13.5 Å². The number of rotatable bonds is 4. The van der Waals surface area contributed by atoms with Crippen LogP contribution in [0.15, 0.2) is 51.8 Å². The van der Waals surface area contributed by atoms with Crippen molar-refractivity contribution in [2.45, 2.75) is 11.4 Å². The summed E-state index contributed by atoms with van der Waals surface area (Å²) >= 11 is 3.32. The van der Waals surface area contributed by atoms with E-state index in [0.717, 1.165) is 10.0 Å². The van der Waals surface area contributed by atoms with Crippen LogP contribution >= 0.6 is 15.9 Å². The lowest BCUT2D eigenvalue weighted by Crippen LogP contribution is -2.23. The van der Waals surface area contributed by atoms with E-state index in [4.69, 9.17) is 5.73 Å². The van der Waals surface area contributed by atoms with Crippen molar-refractivity contribution in [1.82, 2.24) is 4.72 Å². The summed E-state index contributed by atoms with van der Waals surface area (Å²) < 4.78 is 27.5. The molecule has 0 aliphatic carbocycles. The van der Waals surface area contributed by atoms with E-state index in [0.29, 0.717) is 0 Å². The molecule has 4 N–H and O–H groups in total. The smallest absolute Gasteiger partial charge is 0.240 e. The lowest BCUT2D eigenvalue weighted by molar-refractivity contribution is 0.477. The number of nitrogen functional groups attached to an aromatic ring is 1. The van der Waals surface area contributed by atoms with Crippen molar-refractivity contribution in [1.29, 1.82) is 0 Å². The number of aromatic hydroxyl groups is 1. The molecule has 0 saturated heterocycles. The summed E-state index contributed by atoms with van der Waals surface area (Å²) in [6, 6.07) is 11.1. The molecule has 106 valence electrons. The van der Waals surface area contributed by atoms with Gasteiger partial charge in [0, 0.05) is 11.0 Å². The number of phenolic OH excluding ortho intramolecular Hbond substituents is 1. The first-order valence-corrected chi connectivity index (χ1v) is 7.99. The Hall–Kier alpha value is -1.57. The molecule has 2 rings (SSSR count). The number of hydrogen-bond donors (Lipinski definition) is 3. The summed E-state index contributed by atoms with van der Waals surface area (Å²) in [5.41, 5.74) is 6.35. The molecule has 0 radical (unpaired) electrons. The van der Waals surface area contributed by atoms with Gasteiger partial charge in [0.25, 0.3) is 0 Å². The number of halogens is 1. The van der Waals surface area contributed by atoms with Crippen molar-refractivity contribution in [3.05, 3.63) is 52.5 Å². The van der Waals surface area contributed by atoms with E-state index in [1.807, 2.05) is 24.3 Å². The molecule has 2 aromatic rings. The Bertz CT molecular complexity index is 732. The number of sulfonamides is 1. The van der Waals surface area contributed by atoms with Crippen LogP contribution in [0.5, 0.6) is 5.75 Å². The minimum atomic E-state index is -3.67. The van der Waals surface area contributed by atoms with E-state index < -0.39 is 10.0 Å². The van der Waals surface area contributed by atoms with Gasteiger partial charge in [-0.05, 0) is 35.9 Å². The van der Waals surface area contributed by atoms with Crippen LogP contribution in [0.3, 0.4) is 0 Å². The molecule has 0 aliphatic rings. The fraction of sp³-hybridized carbons (Fsp3) is 0.0769. The molecule has 0 spiro atoms. The fourth-order valence-electron chi connectivity index (χ4n) is 1.61. The number of nitrogens with two attached hydrogens (primary N) is 1. The first-order valence-electron chi connectivity index (χ1n) is 5.71. The highest BCUT2D eigenvalue weighted by Crippen LogP contribution is 2.23. The van der Waals surface area contributed by atoms with Gasteiger partial charge in [-0.25, -0.2) is 13.1 Å². The van der Waals surface area contributed by atoms with Crippen LogP contribution in [-0.2, 0) is 16.6 Å². The summed E-state index contributed by atoms with van der Waals surface area (Å²) in [6.45, 7) is 0.169. The molecule has 0 amide bonds. The zero-order valence-electron chi connectivity index (χ0n) is 10.4. The van der Waals surface area contributed by atoms with E-state index in [-0.39, 0.29) is 22.9 Å². The van der Waals surface area contributed by atoms with E-state index in [1.54, 1.807) is 0 Å². The molecule has 0 unspecified atom stereocenters. The average Bonchev–Trinajstić information content (AvgIpc) is 2.40. The van der Waals surface area contributed by atoms with Gasteiger partial charge in [0.1, 0.15) is 5.75 Å². The highest BCUT2D eigenvalue weighted by molar-refractivity contribution is 9.10. The van der Waals surface area contributed by atoms with E-state index in [1.165, 1.54) is 18.2 Å². The summed E-state index contributed by atoms with van der Waals surface area (Å²) in [5.74, 6) is -0.143. The monoisotopic (exact) mass is 356 g/mol. The summed E-state index contributed by atoms with van der Waals surface area (Å²) in [7, 11) is -3.67. The van der Waals surface area contributed by atoms with E-state index >= 15 is 0 Å². The molecular formula is C13H13BrN2O3S. The topological polar surface area (TPSA) is 92.4 Å². The van der Waals surface area contributed by atoms with Crippen LogP contribution in [0, 0.1) is 0 Å². The Kier molecular flexibility index (Phi) is 4.32. The number of benzene rings is 2. The van der Waals surface area contributed by atoms with Crippen LogP contribution in [0.4, 0.5) is 5.69 Å². The second kappa shape index (κ2) is 5.82. The van der Waals surface area contributed by atoms with Gasteiger partial charge in [-0.2, -0.15) is 0 Å². The van der Waals surface area contributed by atoms with Crippen molar-refractivity contribution in [2.24, 2.45) is 0 Å². The van der Waals surface area contributed by atoms with E-state index in [2.05, 4.69) is 20.7 Å². The zero-order chi connectivity index (χ0) is 14.8. The molecule has 2 aromatic carbocycles. The highest BCUT2D eigenvalue weighted by atomic mass is 79.9. The van der Waals surface area contributed by atoms with Crippen molar-refractivity contribution in [3.8, 4) is 5.75 Å². The Balaban J connectivity index is 2.17. The third-order valence-electron chi connectivity index (χ3n) is 2.66. The normalized spacial score (nSPS) is 11.4. The maximum Gasteiger partial charge on any atom is 0.240 e. The van der Waals surface area contributed by atoms with Crippen LogP contribution in [0.1, 0.15) is 5.56 Å².